The number of piperidine rings is 1. The number of hydrogen-bond acceptors (Lipinski definition) is 8. The van der Waals surface area contributed by atoms with E-state index in [1.807, 2.05) is 17.8 Å². The number of benzene rings is 2. The molecule has 4 atom stereocenters. The van der Waals surface area contributed by atoms with Crippen molar-refractivity contribution >= 4 is 31.9 Å². The molecule has 2 heterocycles. The third kappa shape index (κ3) is 10.7. The number of ether oxygens (including phenoxy) is 4. The summed E-state index contributed by atoms with van der Waals surface area (Å²) in [6.07, 6.45) is 0.363. The van der Waals surface area contributed by atoms with Crippen LogP contribution in [0.25, 0.3) is 0 Å². The predicted molar refractivity (Wildman–Crippen MR) is 210 cm³/mol. The van der Waals surface area contributed by atoms with Crippen molar-refractivity contribution in [2.75, 3.05) is 70.9 Å². The number of fused-ring (bicyclic) bond motifs is 1. The van der Waals surface area contributed by atoms with Crippen molar-refractivity contribution < 1.29 is 33.3 Å². The summed E-state index contributed by atoms with van der Waals surface area (Å²) < 4.78 is 30.9. The third-order valence-electron chi connectivity index (χ3n) is 10.8. The van der Waals surface area contributed by atoms with Crippen molar-refractivity contribution in [2.24, 2.45) is 5.92 Å². The summed E-state index contributed by atoms with van der Waals surface area (Å²) in [6, 6.07) is 15.1. The highest BCUT2D eigenvalue weighted by molar-refractivity contribution is 7.99. The van der Waals surface area contributed by atoms with Gasteiger partial charge in [0.15, 0.2) is 0 Å². The normalized spacial score (nSPS) is 20.2. The van der Waals surface area contributed by atoms with Crippen LogP contribution in [0.2, 0.25) is 16.6 Å². The number of methoxy groups -OCH3 is 2. The van der Waals surface area contributed by atoms with E-state index in [-0.39, 0.29) is 18.6 Å². The van der Waals surface area contributed by atoms with Gasteiger partial charge < -0.3 is 38.3 Å². The van der Waals surface area contributed by atoms with Crippen molar-refractivity contribution in [3.63, 3.8) is 0 Å². The smallest absolute Gasteiger partial charge is 0.407 e. The first-order chi connectivity index (χ1) is 24.4. The van der Waals surface area contributed by atoms with Crippen LogP contribution in [0.3, 0.4) is 0 Å². The standard InChI is InChI=1S/C40H64N2O7SSi/c1-28(2)51(29(3)4,30(5)6)49-38-25-42(40(43)44)24-37(39(38)33-12-14-34(15-13-33)50-22-17-31(7)26-46-9)48-27-32-11-16-36-35(23-32)41(19-21-47-36)18-10-20-45-8/h11-16,23,28-31,37-39H,10,17-22,24-27H2,1-9H3,(H,43,44)/t31-,37+,38-,39-/m1/s1. The Morgan fingerprint density at radius 3 is 2.27 bits per heavy atom. The second kappa shape index (κ2) is 19.7. The molecule has 0 unspecified atom stereocenters. The highest BCUT2D eigenvalue weighted by Gasteiger charge is 2.51. The first-order valence-corrected chi connectivity index (χ1v) is 22.0. The monoisotopic (exact) mass is 744 g/mol. The van der Waals surface area contributed by atoms with Crippen LogP contribution in [0.15, 0.2) is 47.4 Å². The van der Waals surface area contributed by atoms with Crippen molar-refractivity contribution in [3.8, 4) is 5.75 Å². The number of anilines is 1. The first kappa shape index (κ1) is 41.5. The van der Waals surface area contributed by atoms with Crippen LogP contribution in [0.4, 0.5) is 10.5 Å². The summed E-state index contributed by atoms with van der Waals surface area (Å²) in [5, 5.41) is 10.4. The summed E-state index contributed by atoms with van der Waals surface area (Å²) in [4.78, 5) is 17.7. The van der Waals surface area contributed by atoms with Gasteiger partial charge in [-0.2, -0.15) is 0 Å². The van der Waals surface area contributed by atoms with E-state index in [4.69, 9.17) is 23.4 Å². The molecule has 0 bridgehead atoms. The number of hydrogen-bond donors (Lipinski definition) is 1. The van der Waals surface area contributed by atoms with Crippen molar-refractivity contribution in [2.45, 2.75) is 108 Å². The molecule has 11 heteroatoms. The molecule has 1 amide bonds. The van der Waals surface area contributed by atoms with Crippen LogP contribution in [0.1, 0.15) is 78.4 Å². The molecule has 9 nitrogen and oxygen atoms in total. The highest BCUT2D eigenvalue weighted by atomic mass is 32.2. The van der Waals surface area contributed by atoms with E-state index < -0.39 is 20.5 Å². The largest absolute Gasteiger partial charge is 0.490 e. The molecule has 286 valence electrons. The summed E-state index contributed by atoms with van der Waals surface area (Å²) in [5.74, 6) is 2.30. The molecule has 1 saturated heterocycles. The maximum absolute atomic E-state index is 12.7. The van der Waals surface area contributed by atoms with E-state index in [9.17, 15) is 9.90 Å². The number of rotatable bonds is 19. The molecule has 4 rings (SSSR count). The molecule has 2 aliphatic rings. The molecule has 0 spiro atoms. The maximum atomic E-state index is 12.7. The van der Waals surface area contributed by atoms with Crippen LogP contribution in [-0.4, -0.2) is 103 Å². The lowest BCUT2D eigenvalue weighted by Gasteiger charge is -2.50. The minimum absolute atomic E-state index is 0.129. The molecule has 0 saturated carbocycles. The SMILES string of the molecule is COCCCN1CCOc2ccc(CO[C@H]3CN(C(=O)O)C[C@@H](O[Si](C(C)C)(C(C)C)C(C)C)[C@@H]3c3ccc(SCC[C@@H](C)COC)cc3)cc21. The zero-order valence-electron chi connectivity index (χ0n) is 32.6. The van der Waals surface area contributed by atoms with Gasteiger partial charge in [-0.3, -0.25) is 0 Å². The summed E-state index contributed by atoms with van der Waals surface area (Å²) in [6.45, 7) is 20.7. The maximum Gasteiger partial charge on any atom is 0.407 e. The van der Waals surface area contributed by atoms with Gasteiger partial charge in [-0.05, 0) is 76.5 Å². The van der Waals surface area contributed by atoms with Crippen molar-refractivity contribution in [1.29, 1.82) is 0 Å². The Hall–Kier alpha value is -2.28. The van der Waals surface area contributed by atoms with E-state index >= 15 is 0 Å². The minimum atomic E-state index is -2.37. The molecule has 2 aromatic carbocycles. The van der Waals surface area contributed by atoms with Gasteiger partial charge >= 0.3 is 6.09 Å². The third-order valence-corrected chi connectivity index (χ3v) is 17.9. The van der Waals surface area contributed by atoms with E-state index in [0.717, 1.165) is 60.9 Å². The Kier molecular flexibility index (Phi) is 16.0. The van der Waals surface area contributed by atoms with Crippen LogP contribution in [-0.2, 0) is 25.2 Å². The Balaban J connectivity index is 1.65. The number of likely N-dealkylation sites (tertiary alicyclic amines) is 1. The van der Waals surface area contributed by atoms with Crippen LogP contribution in [0.5, 0.6) is 5.75 Å². The molecule has 51 heavy (non-hydrogen) atoms. The average Bonchev–Trinajstić information content (AvgIpc) is 3.09. The fourth-order valence-electron chi connectivity index (χ4n) is 8.27. The Morgan fingerprint density at radius 2 is 1.65 bits per heavy atom. The first-order valence-electron chi connectivity index (χ1n) is 18.9. The number of amides is 1. The fraction of sp³-hybridized carbons (Fsp3) is 0.675. The number of carbonyl (C=O) groups is 1. The quantitative estimate of drug-likeness (QED) is 0.0861. The molecule has 0 aliphatic carbocycles. The summed E-state index contributed by atoms with van der Waals surface area (Å²) in [5.41, 5.74) is 4.32. The lowest BCUT2D eigenvalue weighted by Crippen LogP contribution is -2.59. The lowest BCUT2D eigenvalue weighted by molar-refractivity contribution is -0.0630. The van der Waals surface area contributed by atoms with Crippen LogP contribution >= 0.6 is 11.8 Å². The van der Waals surface area contributed by atoms with Gasteiger partial charge in [0.05, 0.1) is 37.6 Å². The molecule has 1 fully saturated rings. The van der Waals surface area contributed by atoms with E-state index in [0.29, 0.717) is 48.9 Å². The average molecular weight is 745 g/mol. The molecule has 1 N–H and O–H groups in total. The van der Waals surface area contributed by atoms with Crippen molar-refractivity contribution in [1.82, 2.24) is 4.90 Å². The fourth-order valence-corrected chi connectivity index (χ4v) is 14.9. The van der Waals surface area contributed by atoms with E-state index in [2.05, 4.69) is 89.8 Å². The highest BCUT2D eigenvalue weighted by Crippen LogP contribution is 2.46. The molecule has 0 radical (unpaired) electrons. The summed E-state index contributed by atoms with van der Waals surface area (Å²) >= 11 is 1.86. The lowest BCUT2D eigenvalue weighted by atomic mass is 9.84. The zero-order chi connectivity index (χ0) is 37.1. The van der Waals surface area contributed by atoms with Gasteiger partial charge in [0.25, 0.3) is 0 Å². The summed E-state index contributed by atoms with van der Waals surface area (Å²) in [7, 11) is 1.12. The number of thioether (sulfide) groups is 1. The van der Waals surface area contributed by atoms with Crippen LogP contribution in [0, 0.1) is 5.92 Å². The van der Waals surface area contributed by atoms with E-state index in [1.54, 1.807) is 14.2 Å². The topological polar surface area (TPSA) is 89.9 Å². The Morgan fingerprint density at radius 1 is 0.961 bits per heavy atom. The van der Waals surface area contributed by atoms with Gasteiger partial charge in [-0.15, -0.1) is 11.8 Å². The molecule has 0 aromatic heterocycles. The number of nitrogens with zero attached hydrogens (tertiary/aromatic N) is 2. The molecule has 2 aliphatic heterocycles. The predicted octanol–water partition coefficient (Wildman–Crippen LogP) is 8.91. The molecule has 2 aromatic rings. The van der Waals surface area contributed by atoms with Crippen molar-refractivity contribution in [3.05, 3.63) is 53.6 Å². The van der Waals surface area contributed by atoms with Crippen LogP contribution < -0.4 is 9.64 Å². The Labute approximate surface area is 312 Å². The van der Waals surface area contributed by atoms with E-state index in [1.165, 1.54) is 9.80 Å². The van der Waals surface area contributed by atoms with Gasteiger partial charge in [0, 0.05) is 51.3 Å². The van der Waals surface area contributed by atoms with Gasteiger partial charge in [0.2, 0.25) is 8.32 Å². The minimum Gasteiger partial charge on any atom is -0.490 e. The van der Waals surface area contributed by atoms with Gasteiger partial charge in [0.1, 0.15) is 12.4 Å². The molecular formula is C40H64N2O7SSi. The van der Waals surface area contributed by atoms with Gasteiger partial charge in [-0.1, -0.05) is 66.7 Å². The second-order valence-corrected chi connectivity index (χ2v) is 21.9. The molecular weight excluding hydrogens is 681 g/mol. The Bertz CT molecular complexity index is 1340. The number of carboxylic acid groups (broad SMARTS) is 1. The van der Waals surface area contributed by atoms with Gasteiger partial charge in [-0.25, -0.2) is 4.79 Å². The zero-order valence-corrected chi connectivity index (χ0v) is 34.4. The second-order valence-electron chi connectivity index (χ2n) is 15.3.